The van der Waals surface area contributed by atoms with E-state index in [1.54, 1.807) is 24.5 Å². The third kappa shape index (κ3) is 5.43. The van der Waals surface area contributed by atoms with E-state index in [-0.39, 0.29) is 5.91 Å². The van der Waals surface area contributed by atoms with Crippen LogP contribution in [-0.2, 0) is 11.3 Å². The van der Waals surface area contributed by atoms with Crippen molar-refractivity contribution in [2.24, 2.45) is 0 Å². The number of ether oxygens (including phenoxy) is 1. The molecule has 2 aromatic heterocycles. The van der Waals surface area contributed by atoms with Crippen molar-refractivity contribution in [3.63, 3.8) is 0 Å². The summed E-state index contributed by atoms with van der Waals surface area (Å²) < 4.78 is 8.20. The van der Waals surface area contributed by atoms with Gasteiger partial charge in [-0.15, -0.1) is 11.8 Å². The topological polar surface area (TPSA) is 60.2 Å². The number of amides is 1. The van der Waals surface area contributed by atoms with E-state index in [9.17, 15) is 4.79 Å². The van der Waals surface area contributed by atoms with Gasteiger partial charge in [0.1, 0.15) is 5.75 Å². The molecule has 0 saturated heterocycles. The number of halogens is 1. The lowest BCUT2D eigenvalue weighted by molar-refractivity contribution is -0.116. The average molecular weight is 487 g/mol. The lowest BCUT2D eigenvalue weighted by Gasteiger charge is -2.20. The second-order valence-electron chi connectivity index (χ2n) is 7.23. The second-order valence-corrected chi connectivity index (χ2v) is 9.72. The van der Waals surface area contributed by atoms with Crippen molar-refractivity contribution in [2.45, 2.75) is 24.8 Å². The molecule has 6 nitrogen and oxygen atoms in total. The Morgan fingerprint density at radius 1 is 1.28 bits per heavy atom. The number of nitrogens with zero attached hydrogens (tertiary/aromatic N) is 4. The molecule has 0 radical (unpaired) electrons. The number of aromatic nitrogens is 3. The molecule has 0 aliphatic heterocycles. The summed E-state index contributed by atoms with van der Waals surface area (Å²) in [5.41, 5.74) is 1.90. The van der Waals surface area contributed by atoms with Gasteiger partial charge in [0.15, 0.2) is 5.13 Å². The van der Waals surface area contributed by atoms with E-state index in [4.69, 9.17) is 21.3 Å². The normalized spacial score (nSPS) is 11.1. The lowest BCUT2D eigenvalue weighted by Crippen LogP contribution is -2.33. The number of benzene rings is 2. The van der Waals surface area contributed by atoms with Crippen LogP contribution in [0, 0.1) is 6.92 Å². The Balaban J connectivity index is 1.52. The summed E-state index contributed by atoms with van der Waals surface area (Å²) in [5, 5.41) is 1.38. The van der Waals surface area contributed by atoms with Crippen LogP contribution in [0.3, 0.4) is 0 Å². The molecule has 32 heavy (non-hydrogen) atoms. The molecule has 9 heteroatoms. The highest BCUT2D eigenvalue weighted by molar-refractivity contribution is 8.00. The molecule has 4 rings (SSSR count). The van der Waals surface area contributed by atoms with Crippen LogP contribution in [-0.4, -0.2) is 39.8 Å². The molecule has 0 unspecified atom stereocenters. The minimum Gasteiger partial charge on any atom is -0.497 e. The molecular formula is C23H23ClN4O2S2. The summed E-state index contributed by atoms with van der Waals surface area (Å²) in [4.78, 5) is 24.9. The van der Waals surface area contributed by atoms with Crippen molar-refractivity contribution in [3.05, 3.63) is 65.7 Å². The smallest absolute Gasteiger partial charge is 0.239 e. The molecule has 0 atom stereocenters. The predicted octanol–water partition coefficient (Wildman–Crippen LogP) is 5.68. The number of aryl methyl sites for hydroxylation is 2. The van der Waals surface area contributed by atoms with E-state index in [1.165, 1.54) is 23.1 Å². The Morgan fingerprint density at radius 2 is 2.09 bits per heavy atom. The van der Waals surface area contributed by atoms with Gasteiger partial charge in [0.05, 0.1) is 29.4 Å². The van der Waals surface area contributed by atoms with Crippen LogP contribution in [0.1, 0.15) is 12.0 Å². The summed E-state index contributed by atoms with van der Waals surface area (Å²) >= 11 is 9.24. The van der Waals surface area contributed by atoms with Gasteiger partial charge in [0, 0.05) is 35.4 Å². The monoisotopic (exact) mass is 486 g/mol. The minimum atomic E-state index is 0.0271. The van der Waals surface area contributed by atoms with Gasteiger partial charge in [0.25, 0.3) is 0 Å². The van der Waals surface area contributed by atoms with Crippen LogP contribution < -0.4 is 9.64 Å². The number of carbonyl (C=O) groups excluding carboxylic acids is 1. The number of fused-ring (bicyclic) bond motifs is 1. The Kier molecular flexibility index (Phi) is 7.34. The summed E-state index contributed by atoms with van der Waals surface area (Å²) in [6.45, 7) is 3.35. The molecule has 1 amide bonds. The lowest BCUT2D eigenvalue weighted by atomic mass is 10.2. The molecule has 0 aliphatic carbocycles. The number of carbonyl (C=O) groups is 1. The van der Waals surface area contributed by atoms with Gasteiger partial charge in [-0.05, 0) is 55.3 Å². The zero-order valence-corrected chi connectivity index (χ0v) is 20.2. The van der Waals surface area contributed by atoms with E-state index >= 15 is 0 Å². The molecule has 0 N–H and O–H groups in total. The van der Waals surface area contributed by atoms with Gasteiger partial charge in [-0.2, -0.15) is 0 Å². The van der Waals surface area contributed by atoms with Crippen molar-refractivity contribution < 1.29 is 9.53 Å². The van der Waals surface area contributed by atoms with Crippen LogP contribution in [0.15, 0.2) is 60.0 Å². The van der Waals surface area contributed by atoms with Crippen molar-refractivity contribution in [1.82, 2.24) is 14.5 Å². The minimum absolute atomic E-state index is 0.0271. The van der Waals surface area contributed by atoms with Crippen molar-refractivity contribution in [1.29, 1.82) is 0 Å². The molecular weight excluding hydrogens is 464 g/mol. The Hall–Kier alpha value is -2.55. The Bertz CT molecular complexity index is 1190. The number of imidazole rings is 1. The number of thioether (sulfide) groups is 1. The van der Waals surface area contributed by atoms with Crippen LogP contribution in [0.2, 0.25) is 5.02 Å². The predicted molar refractivity (Wildman–Crippen MR) is 132 cm³/mol. The van der Waals surface area contributed by atoms with Crippen molar-refractivity contribution in [3.8, 4) is 5.75 Å². The van der Waals surface area contributed by atoms with Gasteiger partial charge in [0.2, 0.25) is 5.91 Å². The summed E-state index contributed by atoms with van der Waals surface area (Å²) in [6.07, 6.45) is 6.27. The first-order valence-electron chi connectivity index (χ1n) is 10.1. The van der Waals surface area contributed by atoms with E-state index in [1.807, 2.05) is 54.1 Å². The maximum Gasteiger partial charge on any atom is 0.239 e. The molecule has 2 aromatic carbocycles. The highest BCUT2D eigenvalue weighted by atomic mass is 35.5. The maximum absolute atomic E-state index is 13.3. The molecule has 4 aromatic rings. The first kappa shape index (κ1) is 22.6. The third-order valence-electron chi connectivity index (χ3n) is 4.95. The Morgan fingerprint density at radius 3 is 2.81 bits per heavy atom. The van der Waals surface area contributed by atoms with Gasteiger partial charge in [-0.1, -0.05) is 22.9 Å². The number of rotatable bonds is 9. The molecule has 166 valence electrons. The number of anilines is 1. The largest absolute Gasteiger partial charge is 0.497 e. The summed E-state index contributed by atoms with van der Waals surface area (Å²) in [7, 11) is 1.64. The highest BCUT2D eigenvalue weighted by Gasteiger charge is 2.20. The number of hydrogen-bond donors (Lipinski definition) is 0. The Labute approximate surface area is 200 Å². The van der Waals surface area contributed by atoms with E-state index < -0.39 is 0 Å². The first-order valence-corrected chi connectivity index (χ1v) is 12.3. The first-order chi connectivity index (χ1) is 15.5. The van der Waals surface area contributed by atoms with Crippen LogP contribution >= 0.6 is 34.7 Å². The fourth-order valence-corrected chi connectivity index (χ4v) is 5.55. The van der Waals surface area contributed by atoms with Crippen LogP contribution in [0.4, 0.5) is 5.13 Å². The molecule has 0 fully saturated rings. The zero-order valence-electron chi connectivity index (χ0n) is 17.8. The van der Waals surface area contributed by atoms with E-state index in [2.05, 4.69) is 4.98 Å². The summed E-state index contributed by atoms with van der Waals surface area (Å²) in [6, 6.07) is 11.5. The average Bonchev–Trinajstić information content (AvgIpc) is 3.45. The van der Waals surface area contributed by atoms with Gasteiger partial charge in [-0.3, -0.25) is 9.69 Å². The zero-order chi connectivity index (χ0) is 22.5. The molecule has 0 bridgehead atoms. The number of hydrogen-bond acceptors (Lipinski definition) is 6. The fraction of sp³-hybridized carbons (Fsp3) is 0.261. The summed E-state index contributed by atoms with van der Waals surface area (Å²) in [5.74, 6) is 1.15. The van der Waals surface area contributed by atoms with Gasteiger partial charge >= 0.3 is 0 Å². The second kappa shape index (κ2) is 10.4. The van der Waals surface area contributed by atoms with Crippen LogP contribution in [0.25, 0.3) is 10.2 Å². The molecule has 0 aliphatic rings. The molecule has 0 spiro atoms. The maximum atomic E-state index is 13.3. The number of thiazole rings is 1. The fourth-order valence-electron chi connectivity index (χ4n) is 3.31. The van der Waals surface area contributed by atoms with Crippen LogP contribution in [0.5, 0.6) is 5.75 Å². The van der Waals surface area contributed by atoms with E-state index in [0.717, 1.165) is 39.4 Å². The molecule has 2 heterocycles. The van der Waals surface area contributed by atoms with Crippen molar-refractivity contribution >= 4 is 56.0 Å². The SMILES string of the molecule is COc1ccc(SCC(=O)N(CCCn2ccnc2)c2nc3c(C)cc(Cl)cc3s2)cc1. The third-order valence-corrected chi connectivity index (χ3v) is 7.19. The van der Waals surface area contributed by atoms with Gasteiger partial charge < -0.3 is 9.30 Å². The molecule has 0 saturated carbocycles. The highest BCUT2D eigenvalue weighted by Crippen LogP contribution is 2.33. The number of methoxy groups -OCH3 is 1. The van der Waals surface area contributed by atoms with E-state index in [0.29, 0.717) is 22.5 Å². The van der Waals surface area contributed by atoms with Crippen molar-refractivity contribution in [2.75, 3.05) is 24.3 Å². The standard InChI is InChI=1S/C23H23ClN4O2S2/c1-16-12-17(24)13-20-22(16)26-23(32-20)28(10-3-9-27-11-8-25-15-27)21(29)14-31-19-6-4-18(30-2)5-7-19/h4-8,11-13,15H,3,9-10,14H2,1-2H3. The quantitative estimate of drug-likeness (QED) is 0.285. The van der Waals surface area contributed by atoms with Gasteiger partial charge in [-0.25, -0.2) is 9.97 Å².